The van der Waals surface area contributed by atoms with E-state index in [2.05, 4.69) is 106 Å². The van der Waals surface area contributed by atoms with Crippen LogP contribution >= 0.6 is 0 Å². The van der Waals surface area contributed by atoms with E-state index >= 15 is 0 Å². The summed E-state index contributed by atoms with van der Waals surface area (Å²) in [5.74, 6) is 1.65. The summed E-state index contributed by atoms with van der Waals surface area (Å²) in [6, 6.07) is 60.5. The fraction of sp³-hybridized carbons (Fsp3) is 0. The second-order valence-electron chi connectivity index (χ2n) is 12.8. The van der Waals surface area contributed by atoms with Crippen LogP contribution in [0.1, 0.15) is 5.56 Å². The van der Waals surface area contributed by atoms with Gasteiger partial charge in [-0.05, 0) is 59.7 Å². The van der Waals surface area contributed by atoms with Crippen molar-refractivity contribution >= 4 is 43.6 Å². The first-order valence-electron chi connectivity index (χ1n) is 17.2. The number of benzene rings is 7. The van der Waals surface area contributed by atoms with E-state index < -0.39 is 0 Å². The van der Waals surface area contributed by atoms with Gasteiger partial charge in [-0.2, -0.15) is 15.2 Å². The van der Waals surface area contributed by atoms with Gasteiger partial charge in [0.2, 0.25) is 5.95 Å². The standard InChI is InChI=1S/C46H28N6/c47-29-30-22-24-38-39-28-34(33-16-11-17-35(27-33)51-40-20-9-7-18-36(40)37-19-8-10-21-41(37)51)23-25-42(39)52(43(38)26-30)46-49-44(31-12-3-1-4-13-31)48-45(50-46)32-14-5-2-6-15-32/h1-28H. The van der Waals surface area contributed by atoms with Crippen molar-refractivity contribution in [2.75, 3.05) is 0 Å². The zero-order valence-corrected chi connectivity index (χ0v) is 27.8. The van der Waals surface area contributed by atoms with Crippen molar-refractivity contribution in [1.29, 1.82) is 5.26 Å². The van der Waals surface area contributed by atoms with Gasteiger partial charge < -0.3 is 4.57 Å². The molecule has 0 fully saturated rings. The third-order valence-electron chi connectivity index (χ3n) is 9.80. The number of hydrogen-bond acceptors (Lipinski definition) is 4. The number of rotatable bonds is 5. The molecule has 3 aromatic heterocycles. The van der Waals surface area contributed by atoms with Crippen molar-refractivity contribution in [2.24, 2.45) is 0 Å². The summed E-state index contributed by atoms with van der Waals surface area (Å²) in [4.78, 5) is 15.0. The van der Waals surface area contributed by atoms with Gasteiger partial charge in [-0.1, -0.05) is 121 Å². The van der Waals surface area contributed by atoms with Crippen molar-refractivity contribution in [3.63, 3.8) is 0 Å². The summed E-state index contributed by atoms with van der Waals surface area (Å²) in [6.45, 7) is 0. The molecule has 10 rings (SSSR count). The minimum Gasteiger partial charge on any atom is -0.309 e. The van der Waals surface area contributed by atoms with Crippen LogP contribution in [-0.2, 0) is 0 Å². The Bertz CT molecular complexity index is 2910. The van der Waals surface area contributed by atoms with E-state index in [0.29, 0.717) is 23.2 Å². The Kier molecular flexibility index (Phi) is 6.76. The summed E-state index contributed by atoms with van der Waals surface area (Å²) in [5.41, 5.74) is 9.80. The Hall–Kier alpha value is -7.36. The Balaban J connectivity index is 1.18. The average molecular weight is 665 g/mol. The van der Waals surface area contributed by atoms with Gasteiger partial charge in [-0.3, -0.25) is 4.57 Å². The molecule has 0 saturated carbocycles. The molecule has 242 valence electrons. The Morgan fingerprint density at radius 2 is 0.942 bits per heavy atom. The van der Waals surface area contributed by atoms with Crippen LogP contribution in [0, 0.1) is 11.3 Å². The Labute approximate surface area is 299 Å². The van der Waals surface area contributed by atoms with Gasteiger partial charge in [0.1, 0.15) is 0 Å². The van der Waals surface area contributed by atoms with Gasteiger partial charge in [0.15, 0.2) is 11.6 Å². The minimum atomic E-state index is 0.490. The normalized spacial score (nSPS) is 11.4. The first kappa shape index (κ1) is 29.5. The molecule has 0 N–H and O–H groups in total. The van der Waals surface area contributed by atoms with Crippen molar-refractivity contribution < 1.29 is 0 Å². The minimum absolute atomic E-state index is 0.490. The zero-order chi connectivity index (χ0) is 34.6. The zero-order valence-electron chi connectivity index (χ0n) is 27.8. The molecule has 52 heavy (non-hydrogen) atoms. The monoisotopic (exact) mass is 664 g/mol. The van der Waals surface area contributed by atoms with E-state index in [1.54, 1.807) is 0 Å². The molecule has 7 aromatic carbocycles. The van der Waals surface area contributed by atoms with Crippen molar-refractivity contribution in [2.45, 2.75) is 0 Å². The summed E-state index contributed by atoms with van der Waals surface area (Å²) in [5, 5.41) is 14.5. The Morgan fingerprint density at radius 3 is 1.60 bits per heavy atom. The molecule has 0 unspecified atom stereocenters. The number of aromatic nitrogens is 5. The highest BCUT2D eigenvalue weighted by molar-refractivity contribution is 6.11. The van der Waals surface area contributed by atoms with Gasteiger partial charge in [0.25, 0.3) is 0 Å². The van der Waals surface area contributed by atoms with Crippen LogP contribution in [-0.4, -0.2) is 24.1 Å². The topological polar surface area (TPSA) is 72.3 Å². The lowest BCUT2D eigenvalue weighted by Gasteiger charge is -2.12. The first-order valence-corrected chi connectivity index (χ1v) is 17.2. The lowest BCUT2D eigenvalue weighted by Crippen LogP contribution is -2.06. The number of nitrogens with zero attached hydrogens (tertiary/aromatic N) is 6. The predicted molar refractivity (Wildman–Crippen MR) is 210 cm³/mol. The molecule has 6 heteroatoms. The average Bonchev–Trinajstić information content (AvgIpc) is 3.73. The molecule has 0 spiro atoms. The highest BCUT2D eigenvalue weighted by Gasteiger charge is 2.19. The smallest absolute Gasteiger partial charge is 0.238 e. The van der Waals surface area contributed by atoms with Crippen LogP contribution in [0.4, 0.5) is 0 Å². The quantitative estimate of drug-likeness (QED) is 0.184. The van der Waals surface area contributed by atoms with Gasteiger partial charge in [-0.15, -0.1) is 0 Å². The maximum Gasteiger partial charge on any atom is 0.238 e. The maximum absolute atomic E-state index is 9.95. The molecule has 0 aliphatic rings. The van der Waals surface area contributed by atoms with E-state index in [1.165, 1.54) is 21.8 Å². The van der Waals surface area contributed by atoms with Crippen molar-refractivity contribution in [1.82, 2.24) is 24.1 Å². The molecule has 0 saturated heterocycles. The lowest BCUT2D eigenvalue weighted by molar-refractivity contribution is 0.953. The van der Waals surface area contributed by atoms with Gasteiger partial charge in [-0.25, -0.2) is 4.98 Å². The second-order valence-corrected chi connectivity index (χ2v) is 12.8. The second kappa shape index (κ2) is 11.9. The summed E-state index contributed by atoms with van der Waals surface area (Å²) in [6.07, 6.45) is 0. The van der Waals surface area contributed by atoms with Crippen LogP contribution in [0.3, 0.4) is 0 Å². The fourth-order valence-electron chi connectivity index (χ4n) is 7.41. The number of fused-ring (bicyclic) bond motifs is 6. The Morgan fingerprint density at radius 1 is 0.385 bits per heavy atom. The molecule has 0 atom stereocenters. The third kappa shape index (κ3) is 4.76. The molecule has 6 nitrogen and oxygen atoms in total. The molecule has 3 heterocycles. The van der Waals surface area contributed by atoms with E-state index in [1.807, 2.05) is 78.9 Å². The summed E-state index contributed by atoms with van der Waals surface area (Å²) < 4.78 is 4.40. The maximum atomic E-state index is 9.95. The molecule has 0 radical (unpaired) electrons. The van der Waals surface area contributed by atoms with E-state index in [-0.39, 0.29) is 0 Å². The number of nitriles is 1. The first-order chi connectivity index (χ1) is 25.7. The highest BCUT2D eigenvalue weighted by Crippen LogP contribution is 2.37. The molecular weight excluding hydrogens is 637 g/mol. The summed E-state index contributed by atoms with van der Waals surface area (Å²) >= 11 is 0. The van der Waals surface area contributed by atoms with E-state index in [0.717, 1.165) is 49.7 Å². The molecule has 0 amide bonds. The number of hydrogen-bond donors (Lipinski definition) is 0. The van der Waals surface area contributed by atoms with Crippen molar-refractivity contribution in [3.05, 3.63) is 175 Å². The van der Waals surface area contributed by atoms with E-state index in [4.69, 9.17) is 15.0 Å². The molecule has 0 aliphatic carbocycles. The lowest BCUT2D eigenvalue weighted by atomic mass is 10.0. The highest BCUT2D eigenvalue weighted by atomic mass is 15.2. The number of para-hydroxylation sites is 2. The van der Waals surface area contributed by atoms with Crippen molar-refractivity contribution in [3.8, 4) is 51.6 Å². The fourth-order valence-corrected chi connectivity index (χ4v) is 7.41. The SMILES string of the molecule is N#Cc1ccc2c3cc(-c4cccc(-n5c6ccccc6c6ccccc65)c4)ccc3n(-c3nc(-c4ccccc4)nc(-c4ccccc4)n3)c2c1. The molecule has 10 aromatic rings. The largest absolute Gasteiger partial charge is 0.309 e. The van der Waals surface area contributed by atoms with Crippen LogP contribution < -0.4 is 0 Å². The third-order valence-corrected chi connectivity index (χ3v) is 9.80. The van der Waals surface area contributed by atoms with Crippen LogP contribution in [0.25, 0.3) is 89.2 Å². The molecule has 0 bridgehead atoms. The van der Waals surface area contributed by atoms with Crippen LogP contribution in [0.5, 0.6) is 0 Å². The predicted octanol–water partition coefficient (Wildman–Crippen LogP) is 10.9. The molecule has 0 aliphatic heterocycles. The molecular formula is C46H28N6. The van der Waals surface area contributed by atoms with Gasteiger partial charge in [0, 0.05) is 38.4 Å². The van der Waals surface area contributed by atoms with Crippen LogP contribution in [0.2, 0.25) is 0 Å². The van der Waals surface area contributed by atoms with Crippen LogP contribution in [0.15, 0.2) is 170 Å². The summed E-state index contributed by atoms with van der Waals surface area (Å²) in [7, 11) is 0. The van der Waals surface area contributed by atoms with E-state index in [9.17, 15) is 5.26 Å². The van der Waals surface area contributed by atoms with Gasteiger partial charge in [0.05, 0.1) is 33.7 Å². The van der Waals surface area contributed by atoms with Gasteiger partial charge >= 0.3 is 0 Å².